The third-order valence-electron chi connectivity index (χ3n) is 10.8. The first-order valence-corrected chi connectivity index (χ1v) is 18.4. The summed E-state index contributed by atoms with van der Waals surface area (Å²) in [6.45, 7) is 1.97. The van der Waals surface area contributed by atoms with Gasteiger partial charge in [-0.05, 0) is 117 Å². The molecule has 7 aromatic rings. The van der Waals surface area contributed by atoms with Crippen LogP contribution in [0.2, 0.25) is 0 Å². The van der Waals surface area contributed by atoms with Crippen molar-refractivity contribution in [2.24, 2.45) is 0 Å². The predicted molar refractivity (Wildman–Crippen MR) is 213 cm³/mol. The molecule has 0 bridgehead atoms. The lowest BCUT2D eigenvalue weighted by molar-refractivity contribution is -0.689. The molecular formula is C48H42N2O2+2. The number of aryl methyl sites for hydroxylation is 2. The van der Waals surface area contributed by atoms with Gasteiger partial charge in [-0.1, -0.05) is 48.5 Å². The van der Waals surface area contributed by atoms with Crippen LogP contribution in [0, 0.1) is 0 Å². The summed E-state index contributed by atoms with van der Waals surface area (Å²) in [6, 6.07) is 44.2. The fourth-order valence-corrected chi connectivity index (χ4v) is 8.20. The first-order valence-electron chi connectivity index (χ1n) is 18.4. The number of aromatic nitrogens is 2. The zero-order valence-corrected chi connectivity index (χ0v) is 29.8. The van der Waals surface area contributed by atoms with Crippen molar-refractivity contribution in [1.29, 1.82) is 0 Å². The van der Waals surface area contributed by atoms with Gasteiger partial charge < -0.3 is 9.47 Å². The van der Waals surface area contributed by atoms with Crippen molar-refractivity contribution in [3.05, 3.63) is 155 Å². The van der Waals surface area contributed by atoms with Crippen LogP contribution in [0.5, 0.6) is 11.5 Å². The van der Waals surface area contributed by atoms with Gasteiger partial charge in [0.25, 0.3) is 0 Å². The van der Waals surface area contributed by atoms with Gasteiger partial charge >= 0.3 is 0 Å². The van der Waals surface area contributed by atoms with E-state index in [0.29, 0.717) is 0 Å². The third kappa shape index (κ3) is 5.94. The second-order valence-corrected chi connectivity index (χ2v) is 13.9. The van der Waals surface area contributed by atoms with Gasteiger partial charge in [0.1, 0.15) is 24.6 Å². The monoisotopic (exact) mass is 678 g/mol. The van der Waals surface area contributed by atoms with Crippen LogP contribution < -0.4 is 18.6 Å². The van der Waals surface area contributed by atoms with Gasteiger partial charge in [0.05, 0.1) is 25.3 Å². The lowest BCUT2D eigenvalue weighted by Crippen LogP contribution is -2.40. The molecule has 0 atom stereocenters. The van der Waals surface area contributed by atoms with Crippen LogP contribution >= 0.6 is 0 Å². The number of hydrogen-bond donors (Lipinski definition) is 0. The molecule has 2 aliphatic rings. The molecule has 0 fully saturated rings. The molecule has 0 spiro atoms. The Morgan fingerprint density at radius 2 is 0.904 bits per heavy atom. The van der Waals surface area contributed by atoms with Crippen LogP contribution in [0.15, 0.2) is 121 Å². The second kappa shape index (κ2) is 13.6. The van der Waals surface area contributed by atoms with Crippen molar-refractivity contribution in [3.8, 4) is 34.0 Å². The van der Waals surface area contributed by atoms with Crippen LogP contribution in [0.25, 0.3) is 68.4 Å². The molecule has 5 aromatic carbocycles. The number of nitrogens with zero attached hydrogens (tertiary/aromatic N) is 2. The van der Waals surface area contributed by atoms with Gasteiger partial charge in [-0.2, -0.15) is 9.13 Å². The molecule has 0 unspecified atom stereocenters. The highest BCUT2D eigenvalue weighted by molar-refractivity contribution is 5.89. The average molecular weight is 679 g/mol. The Morgan fingerprint density at radius 3 is 1.37 bits per heavy atom. The van der Waals surface area contributed by atoms with E-state index in [9.17, 15) is 0 Å². The van der Waals surface area contributed by atoms with E-state index in [1.54, 1.807) is 14.2 Å². The zero-order chi connectivity index (χ0) is 35.0. The highest BCUT2D eigenvalue weighted by Gasteiger charge is 2.32. The van der Waals surface area contributed by atoms with Crippen molar-refractivity contribution in [3.63, 3.8) is 0 Å². The molecule has 9 rings (SSSR count). The SMILES string of the molecule is COc1ccc2cc(/C=C/c3cccc4[n+]3CCCc3ccc5c(c3-4)-c3cccc(/C=C/c4ccc6cc(OC)ccc6c4)[n+]3CCC5)ccc2c1. The van der Waals surface area contributed by atoms with E-state index in [2.05, 4.69) is 143 Å². The Labute approximate surface area is 305 Å². The minimum atomic E-state index is 0.883. The Kier molecular flexibility index (Phi) is 8.36. The number of rotatable bonds is 6. The maximum absolute atomic E-state index is 5.43. The summed E-state index contributed by atoms with van der Waals surface area (Å²) in [5, 5.41) is 4.79. The maximum atomic E-state index is 5.43. The minimum absolute atomic E-state index is 0.883. The van der Waals surface area contributed by atoms with Gasteiger partial charge in [-0.15, -0.1) is 0 Å². The third-order valence-corrected chi connectivity index (χ3v) is 10.8. The van der Waals surface area contributed by atoms with E-state index < -0.39 is 0 Å². The number of ether oxygens (including phenoxy) is 2. The Balaban J connectivity index is 1.10. The van der Waals surface area contributed by atoms with Gasteiger partial charge in [-0.25, -0.2) is 0 Å². The van der Waals surface area contributed by atoms with Gasteiger partial charge in [0.2, 0.25) is 22.8 Å². The summed E-state index contributed by atoms with van der Waals surface area (Å²) in [6.07, 6.45) is 13.4. The lowest BCUT2D eigenvalue weighted by atomic mass is 9.88. The molecule has 0 N–H and O–H groups in total. The summed E-state index contributed by atoms with van der Waals surface area (Å²) in [5.74, 6) is 1.77. The number of hydrogen-bond acceptors (Lipinski definition) is 2. The van der Waals surface area contributed by atoms with Crippen molar-refractivity contribution in [1.82, 2.24) is 0 Å². The summed E-state index contributed by atoms with van der Waals surface area (Å²) < 4.78 is 16.0. The van der Waals surface area contributed by atoms with E-state index in [0.717, 1.165) is 50.3 Å². The van der Waals surface area contributed by atoms with E-state index in [4.69, 9.17) is 9.47 Å². The van der Waals surface area contributed by atoms with Crippen LogP contribution in [-0.4, -0.2) is 14.2 Å². The zero-order valence-electron chi connectivity index (χ0n) is 29.8. The molecule has 0 saturated carbocycles. The van der Waals surface area contributed by atoms with Gasteiger partial charge in [0, 0.05) is 49.3 Å². The largest absolute Gasteiger partial charge is 0.497 e. The standard InChI is InChI=1S/C48H42N2O2/c1-51-43-25-21-37-29-33(13-17-39(37)31-43)15-23-41-9-3-11-45-47-35(7-5-27-49(41)45)19-20-36-8-6-28-50-42(10-4-12-46(50)48(36)47)24-16-34-14-18-40-32-44(52-2)26-22-38(40)30-34/h3-4,9-26,29-32H,5-8,27-28H2,1-2H3/q+2/b23-15+,24-16+. The number of methoxy groups -OCH3 is 2. The van der Waals surface area contributed by atoms with E-state index >= 15 is 0 Å². The Hall–Kier alpha value is -6.00. The van der Waals surface area contributed by atoms with E-state index in [-0.39, 0.29) is 0 Å². The maximum Gasteiger partial charge on any atom is 0.214 e. The van der Waals surface area contributed by atoms with Crippen molar-refractivity contribution in [2.75, 3.05) is 14.2 Å². The van der Waals surface area contributed by atoms with Crippen molar-refractivity contribution < 1.29 is 18.6 Å². The molecule has 254 valence electrons. The summed E-state index contributed by atoms with van der Waals surface area (Å²) >= 11 is 0. The molecule has 2 aliphatic heterocycles. The molecular weight excluding hydrogens is 637 g/mol. The first-order chi connectivity index (χ1) is 25.6. The summed E-state index contributed by atoms with van der Waals surface area (Å²) in [5.41, 5.74) is 13.1. The summed E-state index contributed by atoms with van der Waals surface area (Å²) in [4.78, 5) is 0. The normalized spacial score (nSPS) is 13.7. The molecule has 0 amide bonds. The van der Waals surface area contributed by atoms with E-state index in [1.807, 2.05) is 12.1 Å². The van der Waals surface area contributed by atoms with Crippen molar-refractivity contribution >= 4 is 45.8 Å². The highest BCUT2D eigenvalue weighted by Crippen LogP contribution is 2.39. The fourth-order valence-electron chi connectivity index (χ4n) is 8.20. The lowest BCUT2D eigenvalue weighted by Gasteiger charge is -2.14. The van der Waals surface area contributed by atoms with Gasteiger partial charge in [-0.3, -0.25) is 0 Å². The molecule has 4 nitrogen and oxygen atoms in total. The highest BCUT2D eigenvalue weighted by atomic mass is 16.5. The van der Waals surface area contributed by atoms with Crippen LogP contribution in [0.3, 0.4) is 0 Å². The predicted octanol–water partition coefficient (Wildman–Crippen LogP) is 10.2. The van der Waals surface area contributed by atoms with Crippen LogP contribution in [-0.2, 0) is 25.9 Å². The smallest absolute Gasteiger partial charge is 0.214 e. The topological polar surface area (TPSA) is 26.2 Å². The fraction of sp³-hybridized carbons (Fsp3) is 0.167. The number of fused-ring (bicyclic) bond motifs is 9. The second-order valence-electron chi connectivity index (χ2n) is 13.9. The molecule has 0 saturated heterocycles. The van der Waals surface area contributed by atoms with E-state index in [1.165, 1.54) is 77.7 Å². The Bertz CT molecular complexity index is 2380. The van der Waals surface area contributed by atoms with Gasteiger partial charge in [0.15, 0.2) is 0 Å². The average Bonchev–Trinajstić information content (AvgIpc) is 3.51. The molecule has 0 aliphatic carbocycles. The molecule has 0 radical (unpaired) electrons. The van der Waals surface area contributed by atoms with Crippen LogP contribution in [0.1, 0.15) is 46.5 Å². The van der Waals surface area contributed by atoms with Crippen molar-refractivity contribution in [2.45, 2.75) is 38.8 Å². The molecule has 2 aromatic heterocycles. The molecule has 4 heteroatoms. The first kappa shape index (κ1) is 31.9. The Morgan fingerprint density at radius 1 is 0.462 bits per heavy atom. The quantitative estimate of drug-likeness (QED) is 0.164. The summed E-state index contributed by atoms with van der Waals surface area (Å²) in [7, 11) is 3.43. The molecule has 52 heavy (non-hydrogen) atoms. The minimum Gasteiger partial charge on any atom is -0.497 e. The van der Waals surface area contributed by atoms with Crippen LogP contribution in [0.4, 0.5) is 0 Å². The number of pyridine rings is 2. The molecule has 4 heterocycles. The number of benzene rings is 5.